The van der Waals surface area contributed by atoms with Crippen molar-refractivity contribution in [2.45, 2.75) is 0 Å². The summed E-state index contributed by atoms with van der Waals surface area (Å²) in [4.78, 5) is 19.3. The van der Waals surface area contributed by atoms with E-state index in [1.807, 2.05) is 0 Å². The molecular formula is C12H11BrN4O2. The van der Waals surface area contributed by atoms with Gasteiger partial charge in [0.05, 0.1) is 5.56 Å². The maximum Gasteiger partial charge on any atom is 0.252 e. The summed E-state index contributed by atoms with van der Waals surface area (Å²) in [5.74, 6) is 0.667. The van der Waals surface area contributed by atoms with Crippen LogP contribution in [0.15, 0.2) is 35.1 Å². The van der Waals surface area contributed by atoms with Crippen LogP contribution in [-0.2, 0) is 0 Å². The zero-order valence-corrected chi connectivity index (χ0v) is 11.6. The van der Waals surface area contributed by atoms with Gasteiger partial charge in [0.1, 0.15) is 22.4 Å². The van der Waals surface area contributed by atoms with Gasteiger partial charge in [0.15, 0.2) is 0 Å². The van der Waals surface area contributed by atoms with Gasteiger partial charge in [-0.05, 0) is 28.1 Å². The quantitative estimate of drug-likeness (QED) is 0.900. The molecule has 0 fully saturated rings. The van der Waals surface area contributed by atoms with Crippen LogP contribution in [0, 0.1) is 0 Å². The van der Waals surface area contributed by atoms with Crippen LogP contribution in [0.3, 0.4) is 0 Å². The second-order valence-electron chi connectivity index (χ2n) is 3.55. The smallest absolute Gasteiger partial charge is 0.252 e. The average molecular weight is 323 g/mol. The maximum absolute atomic E-state index is 11.3. The predicted octanol–water partition coefficient (Wildman–Crippen LogP) is 2.17. The Hall–Kier alpha value is -2.15. The van der Waals surface area contributed by atoms with Gasteiger partial charge in [-0.1, -0.05) is 12.1 Å². The third kappa shape index (κ3) is 2.82. The summed E-state index contributed by atoms with van der Waals surface area (Å²) >= 11 is 3.33. The van der Waals surface area contributed by atoms with Gasteiger partial charge in [0.25, 0.3) is 5.91 Å². The van der Waals surface area contributed by atoms with Crippen molar-refractivity contribution in [3.63, 3.8) is 0 Å². The molecule has 19 heavy (non-hydrogen) atoms. The van der Waals surface area contributed by atoms with Crippen molar-refractivity contribution in [1.29, 1.82) is 0 Å². The normalized spacial score (nSPS) is 10.0. The molecule has 3 N–H and O–H groups in total. The Bertz CT molecular complexity index is 618. The van der Waals surface area contributed by atoms with Crippen molar-refractivity contribution in [1.82, 2.24) is 9.97 Å². The lowest BCUT2D eigenvalue weighted by Crippen LogP contribution is -2.12. The van der Waals surface area contributed by atoms with Crippen LogP contribution in [-0.4, -0.2) is 22.9 Å². The van der Waals surface area contributed by atoms with Crippen molar-refractivity contribution >= 4 is 27.7 Å². The van der Waals surface area contributed by atoms with E-state index in [1.54, 1.807) is 31.3 Å². The monoisotopic (exact) mass is 322 g/mol. The van der Waals surface area contributed by atoms with E-state index < -0.39 is 5.91 Å². The van der Waals surface area contributed by atoms with Crippen LogP contribution >= 0.6 is 15.9 Å². The summed E-state index contributed by atoms with van der Waals surface area (Å²) < 4.78 is 6.17. The van der Waals surface area contributed by atoms with Crippen molar-refractivity contribution in [3.8, 4) is 11.6 Å². The van der Waals surface area contributed by atoms with Crippen LogP contribution in [0.4, 0.5) is 5.82 Å². The standard InChI is InChI=1S/C12H11BrN4O2/c1-15-11-9(13)12(17-6-16-11)19-8-5-3-2-4-7(8)10(14)18/h2-6H,1H3,(H2,14,18)(H,15,16,17). The van der Waals surface area contributed by atoms with Crippen LogP contribution < -0.4 is 15.8 Å². The number of hydrogen-bond acceptors (Lipinski definition) is 5. The van der Waals surface area contributed by atoms with E-state index in [1.165, 1.54) is 6.33 Å². The minimum absolute atomic E-state index is 0.291. The van der Waals surface area contributed by atoms with Crippen molar-refractivity contribution in [2.24, 2.45) is 5.73 Å². The first-order chi connectivity index (χ1) is 9.13. The number of nitrogens with two attached hydrogens (primary N) is 1. The van der Waals surface area contributed by atoms with Gasteiger partial charge < -0.3 is 15.8 Å². The Morgan fingerprint density at radius 1 is 1.37 bits per heavy atom. The molecule has 0 saturated heterocycles. The van der Waals surface area contributed by atoms with E-state index in [-0.39, 0.29) is 0 Å². The Kier molecular flexibility index (Phi) is 3.96. The fraction of sp³-hybridized carbons (Fsp3) is 0.0833. The number of nitrogens with zero attached hydrogens (tertiary/aromatic N) is 2. The Balaban J connectivity index is 2.39. The summed E-state index contributed by atoms with van der Waals surface area (Å²) in [7, 11) is 1.73. The number of benzene rings is 1. The molecule has 0 aliphatic heterocycles. The van der Waals surface area contributed by atoms with Crippen molar-refractivity contribution < 1.29 is 9.53 Å². The molecule has 0 bridgehead atoms. The SMILES string of the molecule is CNc1ncnc(Oc2ccccc2C(N)=O)c1Br. The minimum Gasteiger partial charge on any atom is -0.437 e. The molecular weight excluding hydrogens is 312 g/mol. The van der Waals surface area contributed by atoms with Gasteiger partial charge in [-0.25, -0.2) is 9.97 Å². The number of anilines is 1. The number of rotatable bonds is 4. The number of aromatic nitrogens is 2. The molecule has 2 aromatic rings. The molecule has 1 aromatic carbocycles. The molecule has 1 heterocycles. The molecule has 0 saturated carbocycles. The lowest BCUT2D eigenvalue weighted by molar-refractivity contribution is 0.0998. The third-order valence-corrected chi connectivity index (χ3v) is 3.07. The van der Waals surface area contributed by atoms with E-state index in [9.17, 15) is 4.79 Å². The van der Waals surface area contributed by atoms with Gasteiger partial charge in [0, 0.05) is 7.05 Å². The van der Waals surface area contributed by atoms with E-state index in [0.29, 0.717) is 27.5 Å². The van der Waals surface area contributed by atoms with E-state index in [2.05, 4.69) is 31.2 Å². The number of halogens is 1. The minimum atomic E-state index is -0.561. The van der Waals surface area contributed by atoms with Gasteiger partial charge in [-0.15, -0.1) is 0 Å². The van der Waals surface area contributed by atoms with Crippen LogP contribution in [0.25, 0.3) is 0 Å². The Labute approximate surface area is 118 Å². The molecule has 0 atom stereocenters. The highest BCUT2D eigenvalue weighted by Gasteiger charge is 2.14. The first kappa shape index (κ1) is 13.3. The number of hydrogen-bond donors (Lipinski definition) is 2. The molecule has 0 aliphatic rings. The number of primary amides is 1. The zero-order chi connectivity index (χ0) is 13.8. The largest absolute Gasteiger partial charge is 0.437 e. The Morgan fingerprint density at radius 2 is 2.11 bits per heavy atom. The molecule has 2 rings (SSSR count). The van der Waals surface area contributed by atoms with Gasteiger partial charge in [0.2, 0.25) is 5.88 Å². The first-order valence-electron chi connectivity index (χ1n) is 5.38. The number of para-hydroxylation sites is 1. The lowest BCUT2D eigenvalue weighted by atomic mass is 10.2. The van der Waals surface area contributed by atoms with Gasteiger partial charge in [-0.3, -0.25) is 4.79 Å². The summed E-state index contributed by atoms with van der Waals surface area (Å²) in [6.07, 6.45) is 1.36. The molecule has 0 aliphatic carbocycles. The van der Waals surface area contributed by atoms with Crippen molar-refractivity contribution in [2.75, 3.05) is 12.4 Å². The maximum atomic E-state index is 11.3. The topological polar surface area (TPSA) is 90.1 Å². The third-order valence-electron chi connectivity index (χ3n) is 2.35. The molecule has 98 valence electrons. The van der Waals surface area contributed by atoms with Crippen LogP contribution in [0.5, 0.6) is 11.6 Å². The average Bonchev–Trinajstić information content (AvgIpc) is 2.41. The van der Waals surface area contributed by atoms with Gasteiger partial charge >= 0.3 is 0 Å². The van der Waals surface area contributed by atoms with Gasteiger partial charge in [-0.2, -0.15) is 0 Å². The summed E-state index contributed by atoms with van der Waals surface area (Å²) in [6.45, 7) is 0. The van der Waals surface area contributed by atoms with E-state index in [4.69, 9.17) is 10.5 Å². The summed E-state index contributed by atoms with van der Waals surface area (Å²) in [6, 6.07) is 6.69. The fourth-order valence-corrected chi connectivity index (χ4v) is 1.95. The number of amides is 1. The second kappa shape index (κ2) is 5.66. The number of ether oxygens (including phenoxy) is 1. The predicted molar refractivity (Wildman–Crippen MR) is 74.3 cm³/mol. The van der Waals surface area contributed by atoms with Crippen LogP contribution in [0.1, 0.15) is 10.4 Å². The molecule has 0 radical (unpaired) electrons. The van der Waals surface area contributed by atoms with Crippen LogP contribution in [0.2, 0.25) is 0 Å². The summed E-state index contributed by atoms with van der Waals surface area (Å²) in [5, 5.41) is 2.89. The summed E-state index contributed by atoms with van der Waals surface area (Å²) in [5.41, 5.74) is 5.58. The number of nitrogens with one attached hydrogen (secondary N) is 1. The molecule has 0 unspecified atom stereocenters. The zero-order valence-electron chi connectivity index (χ0n) is 10.1. The van der Waals surface area contributed by atoms with E-state index in [0.717, 1.165) is 0 Å². The number of carbonyl (C=O) groups is 1. The molecule has 7 heteroatoms. The highest BCUT2D eigenvalue weighted by molar-refractivity contribution is 9.10. The first-order valence-corrected chi connectivity index (χ1v) is 6.17. The second-order valence-corrected chi connectivity index (χ2v) is 4.35. The van der Waals surface area contributed by atoms with E-state index >= 15 is 0 Å². The number of carbonyl (C=O) groups excluding carboxylic acids is 1. The Morgan fingerprint density at radius 3 is 2.79 bits per heavy atom. The van der Waals surface area contributed by atoms with Crippen molar-refractivity contribution in [3.05, 3.63) is 40.6 Å². The highest BCUT2D eigenvalue weighted by atomic mass is 79.9. The fourth-order valence-electron chi connectivity index (χ4n) is 1.46. The lowest BCUT2D eigenvalue weighted by Gasteiger charge is -2.10. The molecule has 1 aromatic heterocycles. The highest BCUT2D eigenvalue weighted by Crippen LogP contribution is 2.32. The molecule has 0 spiro atoms. The molecule has 6 nitrogen and oxygen atoms in total. The molecule has 1 amide bonds.